The van der Waals surface area contributed by atoms with E-state index in [1.54, 1.807) is 12.6 Å². The number of anilines is 1. The Kier molecular flexibility index (Phi) is 5.54. The van der Waals surface area contributed by atoms with Gasteiger partial charge in [0.25, 0.3) is 0 Å². The highest BCUT2D eigenvalue weighted by Crippen LogP contribution is 2.30. The summed E-state index contributed by atoms with van der Waals surface area (Å²) in [6.07, 6.45) is 0. The zero-order chi connectivity index (χ0) is 15.9. The molecular formula is C14H18N4O3S. The predicted molar refractivity (Wildman–Crippen MR) is 84.6 cm³/mol. The molecular weight excluding hydrogens is 304 g/mol. The van der Waals surface area contributed by atoms with Gasteiger partial charge in [-0.2, -0.15) is 0 Å². The number of carbonyl (C=O) groups is 1. The number of rotatable bonds is 6. The Bertz CT molecular complexity index is 619. The summed E-state index contributed by atoms with van der Waals surface area (Å²) in [7, 11) is 1.59. The first-order valence-electron chi connectivity index (χ1n) is 6.78. The zero-order valence-electron chi connectivity index (χ0n) is 12.6. The van der Waals surface area contributed by atoms with Crippen molar-refractivity contribution in [3.05, 3.63) is 29.3 Å². The van der Waals surface area contributed by atoms with Crippen molar-refractivity contribution >= 4 is 22.5 Å². The van der Waals surface area contributed by atoms with Gasteiger partial charge < -0.3 is 14.8 Å². The number of aromatic nitrogens is 2. The average Bonchev–Trinajstić information content (AvgIpc) is 3.00. The molecule has 0 saturated carbocycles. The molecule has 0 radical (unpaired) electrons. The minimum absolute atomic E-state index is 0.197. The van der Waals surface area contributed by atoms with E-state index >= 15 is 0 Å². The summed E-state index contributed by atoms with van der Waals surface area (Å²) in [5, 5.41) is 13.3. The van der Waals surface area contributed by atoms with Crippen molar-refractivity contribution in [1.82, 2.24) is 15.5 Å². The Morgan fingerprint density at radius 1 is 1.41 bits per heavy atom. The first-order valence-corrected chi connectivity index (χ1v) is 7.66. The maximum absolute atomic E-state index is 11.9. The number of methoxy groups -OCH3 is 1. The Morgan fingerprint density at radius 3 is 2.86 bits per heavy atom. The van der Waals surface area contributed by atoms with Gasteiger partial charge in [0.2, 0.25) is 5.13 Å². The first-order chi connectivity index (χ1) is 10.6. The van der Waals surface area contributed by atoms with E-state index in [9.17, 15) is 4.79 Å². The Balaban J connectivity index is 2.02. The number of urea groups is 1. The van der Waals surface area contributed by atoms with Gasteiger partial charge >= 0.3 is 6.03 Å². The minimum Gasteiger partial charge on any atom is -0.493 e. The van der Waals surface area contributed by atoms with Crippen LogP contribution in [-0.4, -0.2) is 29.9 Å². The standard InChI is InChI=1S/C14H18N4O3S/c1-4-21-11-6-5-10(7-12(11)20-3)9(2)16-13(19)17-14-18-15-8-22-14/h5-9H,4H2,1-3H3,(H2,16,17,18,19)/t9-/m0/s1. The topological polar surface area (TPSA) is 85.4 Å². The lowest BCUT2D eigenvalue weighted by molar-refractivity contribution is 0.249. The molecule has 0 aliphatic rings. The Labute approximate surface area is 132 Å². The Morgan fingerprint density at radius 2 is 2.23 bits per heavy atom. The van der Waals surface area contributed by atoms with Gasteiger partial charge in [0.05, 0.1) is 19.8 Å². The molecule has 22 heavy (non-hydrogen) atoms. The molecule has 0 unspecified atom stereocenters. The number of hydrogen-bond donors (Lipinski definition) is 2. The van der Waals surface area contributed by atoms with Crippen molar-refractivity contribution in [1.29, 1.82) is 0 Å². The summed E-state index contributed by atoms with van der Waals surface area (Å²) < 4.78 is 10.8. The zero-order valence-corrected chi connectivity index (χ0v) is 13.4. The van der Waals surface area contributed by atoms with Gasteiger partial charge in [0.15, 0.2) is 11.5 Å². The molecule has 0 aliphatic heterocycles. The fourth-order valence-corrected chi connectivity index (χ4v) is 2.31. The third-order valence-corrected chi connectivity index (χ3v) is 3.52. The number of benzene rings is 1. The van der Waals surface area contributed by atoms with Gasteiger partial charge in [-0.25, -0.2) is 4.79 Å². The van der Waals surface area contributed by atoms with Gasteiger partial charge in [0, 0.05) is 0 Å². The molecule has 0 bridgehead atoms. The Hall–Kier alpha value is -2.35. The van der Waals surface area contributed by atoms with Crippen molar-refractivity contribution in [2.75, 3.05) is 19.0 Å². The van der Waals surface area contributed by atoms with Crippen molar-refractivity contribution in [2.24, 2.45) is 0 Å². The van der Waals surface area contributed by atoms with Crippen molar-refractivity contribution in [3.63, 3.8) is 0 Å². The number of nitrogens with zero attached hydrogens (tertiary/aromatic N) is 2. The summed E-state index contributed by atoms with van der Waals surface area (Å²) in [5.41, 5.74) is 2.46. The second-order valence-electron chi connectivity index (χ2n) is 4.41. The van der Waals surface area contributed by atoms with Crippen molar-refractivity contribution in [2.45, 2.75) is 19.9 Å². The van der Waals surface area contributed by atoms with E-state index in [1.165, 1.54) is 11.3 Å². The van der Waals surface area contributed by atoms with Crippen LogP contribution in [0.2, 0.25) is 0 Å². The number of hydrogen-bond acceptors (Lipinski definition) is 6. The number of ether oxygens (including phenoxy) is 2. The van der Waals surface area contributed by atoms with Crippen molar-refractivity contribution < 1.29 is 14.3 Å². The van der Waals surface area contributed by atoms with Gasteiger partial charge in [-0.1, -0.05) is 17.4 Å². The van der Waals surface area contributed by atoms with E-state index in [1.807, 2.05) is 32.0 Å². The van der Waals surface area contributed by atoms with Crippen LogP contribution in [0.3, 0.4) is 0 Å². The number of amides is 2. The van der Waals surface area contributed by atoms with Crippen LogP contribution in [0.25, 0.3) is 0 Å². The lowest BCUT2D eigenvalue weighted by Crippen LogP contribution is -2.31. The van der Waals surface area contributed by atoms with Gasteiger partial charge in [0.1, 0.15) is 5.51 Å². The highest BCUT2D eigenvalue weighted by Gasteiger charge is 2.13. The fraction of sp³-hybridized carbons (Fsp3) is 0.357. The first kappa shape index (κ1) is 16.0. The van der Waals surface area contributed by atoms with Crippen LogP contribution in [-0.2, 0) is 0 Å². The molecule has 2 aromatic rings. The smallest absolute Gasteiger partial charge is 0.321 e. The van der Waals surface area contributed by atoms with Crippen LogP contribution in [0.4, 0.5) is 9.93 Å². The molecule has 0 fully saturated rings. The quantitative estimate of drug-likeness (QED) is 0.854. The molecule has 0 saturated heterocycles. The van der Waals surface area contributed by atoms with E-state index in [2.05, 4.69) is 20.8 Å². The summed E-state index contributed by atoms with van der Waals surface area (Å²) in [6, 6.07) is 5.04. The van der Waals surface area contributed by atoms with Crippen LogP contribution < -0.4 is 20.1 Å². The molecule has 1 aromatic carbocycles. The third-order valence-electron chi connectivity index (χ3n) is 2.92. The molecule has 1 heterocycles. The SMILES string of the molecule is CCOc1ccc([C@H](C)NC(=O)Nc2nncs2)cc1OC. The normalized spacial score (nSPS) is 11.6. The lowest BCUT2D eigenvalue weighted by Gasteiger charge is -2.16. The molecule has 8 heteroatoms. The maximum atomic E-state index is 11.9. The lowest BCUT2D eigenvalue weighted by atomic mass is 10.1. The average molecular weight is 322 g/mol. The molecule has 2 rings (SSSR count). The van der Waals surface area contributed by atoms with Gasteiger partial charge in [-0.05, 0) is 31.5 Å². The molecule has 118 valence electrons. The van der Waals surface area contributed by atoms with Crippen LogP contribution >= 0.6 is 11.3 Å². The van der Waals surface area contributed by atoms with Gasteiger partial charge in [-0.3, -0.25) is 5.32 Å². The summed E-state index contributed by atoms with van der Waals surface area (Å²) in [6.45, 7) is 4.36. The summed E-state index contributed by atoms with van der Waals surface area (Å²) in [4.78, 5) is 11.9. The molecule has 2 N–H and O–H groups in total. The molecule has 7 nitrogen and oxygen atoms in total. The van der Waals surface area contributed by atoms with E-state index in [4.69, 9.17) is 9.47 Å². The molecule has 0 spiro atoms. The largest absolute Gasteiger partial charge is 0.493 e. The highest BCUT2D eigenvalue weighted by molar-refractivity contribution is 7.13. The van der Waals surface area contributed by atoms with E-state index < -0.39 is 0 Å². The number of carbonyl (C=O) groups excluding carboxylic acids is 1. The predicted octanol–water partition coefficient (Wildman–Crippen LogP) is 2.83. The highest BCUT2D eigenvalue weighted by atomic mass is 32.1. The summed E-state index contributed by atoms with van der Waals surface area (Å²) in [5.74, 6) is 1.32. The third kappa shape index (κ3) is 4.08. The molecule has 2 amide bonds. The second kappa shape index (κ2) is 7.60. The van der Waals surface area contributed by atoms with E-state index in [0.717, 1.165) is 5.56 Å². The minimum atomic E-state index is -0.336. The van der Waals surface area contributed by atoms with Crippen molar-refractivity contribution in [3.8, 4) is 11.5 Å². The maximum Gasteiger partial charge on any atom is 0.321 e. The second-order valence-corrected chi connectivity index (χ2v) is 5.24. The molecule has 0 aliphatic carbocycles. The van der Waals surface area contributed by atoms with Crippen LogP contribution in [0.15, 0.2) is 23.7 Å². The fourth-order valence-electron chi connectivity index (χ4n) is 1.87. The number of nitrogens with one attached hydrogen (secondary N) is 2. The monoisotopic (exact) mass is 322 g/mol. The van der Waals surface area contributed by atoms with Crippen LogP contribution in [0, 0.1) is 0 Å². The molecule has 1 atom stereocenters. The van der Waals surface area contributed by atoms with Crippen LogP contribution in [0.5, 0.6) is 11.5 Å². The van der Waals surface area contributed by atoms with E-state index in [0.29, 0.717) is 23.2 Å². The van der Waals surface area contributed by atoms with Crippen LogP contribution in [0.1, 0.15) is 25.5 Å². The summed E-state index contributed by atoms with van der Waals surface area (Å²) >= 11 is 1.26. The molecule has 1 aromatic heterocycles. The van der Waals surface area contributed by atoms with E-state index in [-0.39, 0.29) is 12.1 Å². The van der Waals surface area contributed by atoms with Gasteiger partial charge in [-0.15, -0.1) is 10.2 Å².